The first-order valence-corrected chi connectivity index (χ1v) is 8.89. The molecule has 0 spiro atoms. The van der Waals surface area contributed by atoms with Gasteiger partial charge in [0.15, 0.2) is 0 Å². The topological polar surface area (TPSA) is 41.1 Å². The van der Waals surface area contributed by atoms with Gasteiger partial charge < -0.3 is 10.2 Å². The van der Waals surface area contributed by atoms with Gasteiger partial charge in [-0.3, -0.25) is 0 Å². The summed E-state index contributed by atoms with van der Waals surface area (Å²) in [6.45, 7) is 6.52. The molecule has 1 unspecified atom stereocenters. The Hall–Kier alpha value is -1.20. The second-order valence-corrected chi connectivity index (χ2v) is 7.22. The normalized spacial score (nSPS) is 22.5. The van der Waals surface area contributed by atoms with E-state index in [2.05, 4.69) is 27.1 Å². The molecule has 0 radical (unpaired) electrons. The Balaban J connectivity index is 1.80. The molecule has 1 N–H and O–H groups in total. The number of thiophene rings is 1. The third-order valence-electron chi connectivity index (χ3n) is 4.92. The predicted molar refractivity (Wildman–Crippen MR) is 88.3 cm³/mol. The van der Waals surface area contributed by atoms with E-state index in [4.69, 9.17) is 0 Å². The summed E-state index contributed by atoms with van der Waals surface area (Å²) < 4.78 is 0. The highest BCUT2D eigenvalue weighted by Gasteiger charge is 2.26. The quantitative estimate of drug-likeness (QED) is 0.926. The monoisotopic (exact) mass is 302 g/mol. The maximum absolute atomic E-state index is 4.64. The first-order chi connectivity index (χ1) is 10.4. The van der Waals surface area contributed by atoms with Gasteiger partial charge in [-0.1, -0.05) is 13.3 Å². The number of nitrogens with zero attached hydrogens (tertiary/aromatic N) is 3. The van der Waals surface area contributed by atoms with Gasteiger partial charge in [-0.05, 0) is 30.7 Å². The average molecular weight is 302 g/mol. The molecule has 2 aliphatic rings. The summed E-state index contributed by atoms with van der Waals surface area (Å²) in [5.74, 6) is 2.04. The van der Waals surface area contributed by atoms with Gasteiger partial charge in [0.2, 0.25) is 0 Å². The van der Waals surface area contributed by atoms with Crippen molar-refractivity contribution in [3.8, 4) is 0 Å². The van der Waals surface area contributed by atoms with Crippen LogP contribution < -0.4 is 10.2 Å². The molecule has 1 aliphatic carbocycles. The van der Waals surface area contributed by atoms with Crippen molar-refractivity contribution in [1.82, 2.24) is 15.3 Å². The van der Waals surface area contributed by atoms with E-state index >= 15 is 0 Å². The number of aromatic nitrogens is 2. The molecule has 1 saturated heterocycles. The van der Waals surface area contributed by atoms with Gasteiger partial charge in [-0.25, -0.2) is 9.97 Å². The molecule has 2 aromatic rings. The molecule has 5 heteroatoms. The number of anilines is 1. The van der Waals surface area contributed by atoms with E-state index < -0.39 is 0 Å². The highest BCUT2D eigenvalue weighted by atomic mass is 32.1. The molecule has 4 rings (SSSR count). The molecule has 0 aromatic carbocycles. The van der Waals surface area contributed by atoms with Gasteiger partial charge in [-0.15, -0.1) is 11.3 Å². The van der Waals surface area contributed by atoms with Crippen LogP contribution in [0.1, 0.15) is 30.2 Å². The first-order valence-electron chi connectivity index (χ1n) is 8.07. The molecule has 2 aromatic heterocycles. The van der Waals surface area contributed by atoms with E-state index in [1.54, 1.807) is 16.8 Å². The largest absolute Gasteiger partial charge is 0.353 e. The number of fused-ring (bicyclic) bond motifs is 3. The fraction of sp³-hybridized carbons (Fsp3) is 0.625. The lowest BCUT2D eigenvalue weighted by Crippen LogP contribution is -2.44. The van der Waals surface area contributed by atoms with Gasteiger partial charge >= 0.3 is 0 Å². The zero-order chi connectivity index (χ0) is 14.2. The van der Waals surface area contributed by atoms with E-state index in [-0.39, 0.29) is 0 Å². The average Bonchev–Trinajstić information content (AvgIpc) is 2.93. The molecule has 1 aliphatic heterocycles. The van der Waals surface area contributed by atoms with Crippen molar-refractivity contribution in [2.45, 2.75) is 32.6 Å². The van der Waals surface area contributed by atoms with E-state index in [1.165, 1.54) is 41.7 Å². The molecule has 1 atom stereocenters. The lowest BCUT2D eigenvalue weighted by molar-refractivity contribution is 0.451. The Kier molecular flexibility index (Phi) is 3.55. The van der Waals surface area contributed by atoms with Crippen LogP contribution in [0.3, 0.4) is 0 Å². The summed E-state index contributed by atoms with van der Waals surface area (Å²) in [5, 5.41) is 4.78. The molecule has 1 fully saturated rings. The molecular formula is C16H22N4S. The number of hydrogen-bond donors (Lipinski definition) is 1. The van der Waals surface area contributed by atoms with Gasteiger partial charge in [0.05, 0.1) is 5.39 Å². The standard InChI is InChI=1S/C16H22N4S/c1-2-11-3-4-12-13(9-11)21-16-14(12)15(18-10-19-16)20-7-5-17-6-8-20/h10-11,17H,2-9H2,1H3. The second kappa shape index (κ2) is 5.54. The number of piperazine rings is 1. The van der Waals surface area contributed by atoms with E-state index in [0.717, 1.165) is 32.1 Å². The molecule has 0 saturated carbocycles. The summed E-state index contributed by atoms with van der Waals surface area (Å²) in [7, 11) is 0. The van der Waals surface area contributed by atoms with Crippen molar-refractivity contribution < 1.29 is 0 Å². The number of nitrogens with one attached hydrogen (secondary N) is 1. The minimum atomic E-state index is 0.862. The van der Waals surface area contributed by atoms with Crippen LogP contribution in [0.5, 0.6) is 0 Å². The minimum absolute atomic E-state index is 0.862. The van der Waals surface area contributed by atoms with Gasteiger partial charge in [0, 0.05) is 31.1 Å². The summed E-state index contributed by atoms with van der Waals surface area (Å²) in [6, 6.07) is 0. The maximum atomic E-state index is 4.64. The molecule has 0 amide bonds. The summed E-state index contributed by atoms with van der Waals surface area (Å²) >= 11 is 1.90. The summed E-state index contributed by atoms with van der Waals surface area (Å²) in [4.78, 5) is 14.4. The van der Waals surface area contributed by atoms with Gasteiger partial charge in [0.25, 0.3) is 0 Å². The first kappa shape index (κ1) is 13.5. The van der Waals surface area contributed by atoms with Crippen molar-refractivity contribution in [3.63, 3.8) is 0 Å². The molecular weight excluding hydrogens is 280 g/mol. The van der Waals surface area contributed by atoms with Crippen LogP contribution in [0.15, 0.2) is 6.33 Å². The highest BCUT2D eigenvalue weighted by molar-refractivity contribution is 7.19. The maximum Gasteiger partial charge on any atom is 0.141 e. The zero-order valence-electron chi connectivity index (χ0n) is 12.6. The van der Waals surface area contributed by atoms with Gasteiger partial charge in [-0.2, -0.15) is 0 Å². The molecule has 4 nitrogen and oxygen atoms in total. The Morgan fingerprint density at radius 1 is 1.33 bits per heavy atom. The molecule has 3 heterocycles. The molecule has 0 bridgehead atoms. The third-order valence-corrected chi connectivity index (χ3v) is 6.08. The van der Waals surface area contributed by atoms with Gasteiger partial charge in [0.1, 0.15) is 17.0 Å². The number of hydrogen-bond acceptors (Lipinski definition) is 5. The van der Waals surface area contributed by atoms with Crippen molar-refractivity contribution in [2.75, 3.05) is 31.1 Å². The lowest BCUT2D eigenvalue weighted by Gasteiger charge is -2.29. The van der Waals surface area contributed by atoms with Crippen molar-refractivity contribution in [3.05, 3.63) is 16.8 Å². The van der Waals surface area contributed by atoms with E-state index in [1.807, 2.05) is 11.3 Å². The lowest BCUT2D eigenvalue weighted by atomic mass is 9.86. The van der Waals surface area contributed by atoms with Crippen LogP contribution in [0.2, 0.25) is 0 Å². The Morgan fingerprint density at radius 2 is 2.19 bits per heavy atom. The van der Waals surface area contributed by atoms with Crippen LogP contribution in [-0.2, 0) is 12.8 Å². The van der Waals surface area contributed by atoms with Crippen molar-refractivity contribution in [1.29, 1.82) is 0 Å². The number of rotatable bonds is 2. The smallest absolute Gasteiger partial charge is 0.141 e. The van der Waals surface area contributed by atoms with Crippen molar-refractivity contribution >= 4 is 27.4 Å². The Bertz CT molecular complexity index is 645. The number of aryl methyl sites for hydroxylation is 1. The fourth-order valence-electron chi connectivity index (χ4n) is 3.63. The highest BCUT2D eigenvalue weighted by Crippen LogP contribution is 2.41. The Labute approximate surface area is 129 Å². The SMILES string of the molecule is CCC1CCc2c(sc3ncnc(N4CCNCC4)c23)C1. The molecule has 21 heavy (non-hydrogen) atoms. The predicted octanol–water partition coefficient (Wildman–Crippen LogP) is 2.62. The second-order valence-electron chi connectivity index (χ2n) is 6.14. The van der Waals surface area contributed by atoms with Crippen LogP contribution in [0.25, 0.3) is 10.2 Å². The molecule has 112 valence electrons. The third kappa shape index (κ3) is 2.32. The zero-order valence-corrected chi connectivity index (χ0v) is 13.4. The van der Waals surface area contributed by atoms with E-state index in [9.17, 15) is 0 Å². The van der Waals surface area contributed by atoms with Crippen LogP contribution in [0, 0.1) is 5.92 Å². The van der Waals surface area contributed by atoms with Crippen molar-refractivity contribution in [2.24, 2.45) is 5.92 Å². The summed E-state index contributed by atoms with van der Waals surface area (Å²) in [5.41, 5.74) is 1.55. The Morgan fingerprint density at radius 3 is 3.00 bits per heavy atom. The van der Waals surface area contributed by atoms with E-state index in [0.29, 0.717) is 0 Å². The fourth-order valence-corrected chi connectivity index (χ4v) is 4.92. The van der Waals surface area contributed by atoms with Crippen LogP contribution in [-0.4, -0.2) is 36.1 Å². The minimum Gasteiger partial charge on any atom is -0.353 e. The van der Waals surface area contributed by atoms with Crippen LogP contribution in [0.4, 0.5) is 5.82 Å². The van der Waals surface area contributed by atoms with Crippen LogP contribution >= 0.6 is 11.3 Å². The summed E-state index contributed by atoms with van der Waals surface area (Å²) in [6.07, 6.45) is 6.82.